The molecule has 1 N–H and O–H groups in total. The third-order valence-electron chi connectivity index (χ3n) is 3.82. The van der Waals surface area contributed by atoms with Crippen LogP contribution in [0.15, 0.2) is 18.2 Å². The van der Waals surface area contributed by atoms with Crippen molar-refractivity contribution in [1.29, 1.82) is 5.26 Å². The van der Waals surface area contributed by atoms with Gasteiger partial charge in [0.15, 0.2) is 0 Å². The van der Waals surface area contributed by atoms with Gasteiger partial charge in [0.2, 0.25) is 0 Å². The van der Waals surface area contributed by atoms with Crippen molar-refractivity contribution < 1.29 is 4.39 Å². The number of benzene rings is 1. The molecule has 2 nitrogen and oxygen atoms in total. The van der Waals surface area contributed by atoms with Gasteiger partial charge >= 0.3 is 0 Å². The van der Waals surface area contributed by atoms with E-state index >= 15 is 0 Å². The molecule has 0 saturated heterocycles. The van der Waals surface area contributed by atoms with Gasteiger partial charge in [-0.2, -0.15) is 5.26 Å². The Hall–Kier alpha value is -1.40. The molecular weight excluding hydrogens is 227 g/mol. The van der Waals surface area contributed by atoms with Crippen LogP contribution in [0, 0.1) is 29.5 Å². The van der Waals surface area contributed by atoms with E-state index in [1.165, 1.54) is 12.5 Å². The predicted octanol–water partition coefficient (Wildman–Crippen LogP) is 2.96. The number of halogens is 1. The molecule has 0 heterocycles. The molecule has 18 heavy (non-hydrogen) atoms. The number of hydrogen-bond acceptors (Lipinski definition) is 2. The highest BCUT2D eigenvalue weighted by molar-refractivity contribution is 5.24. The number of rotatable bonds is 5. The van der Waals surface area contributed by atoms with Crippen molar-refractivity contribution in [2.24, 2.45) is 5.41 Å². The highest BCUT2D eigenvalue weighted by Gasteiger charge is 2.36. The normalized spacial score (nSPS) is 16.9. The second-order valence-electron chi connectivity index (χ2n) is 5.26. The summed E-state index contributed by atoms with van der Waals surface area (Å²) < 4.78 is 13.1. The summed E-state index contributed by atoms with van der Waals surface area (Å²) in [6.45, 7) is 3.41. The molecule has 1 aromatic carbocycles. The minimum absolute atomic E-state index is 0.112. The maximum atomic E-state index is 13.1. The molecule has 0 aromatic heterocycles. The summed E-state index contributed by atoms with van der Waals surface area (Å²) in [6, 6.07) is 7.66. The van der Waals surface area contributed by atoms with Crippen LogP contribution >= 0.6 is 0 Å². The highest BCUT2D eigenvalue weighted by atomic mass is 19.1. The number of nitrogens with one attached hydrogen (secondary N) is 1. The van der Waals surface area contributed by atoms with Crippen LogP contribution in [0.4, 0.5) is 4.39 Å². The van der Waals surface area contributed by atoms with Gasteiger partial charge in [0, 0.05) is 6.54 Å². The molecule has 0 spiro atoms. The van der Waals surface area contributed by atoms with E-state index in [9.17, 15) is 4.39 Å². The first-order chi connectivity index (χ1) is 8.65. The second-order valence-corrected chi connectivity index (χ2v) is 5.26. The topological polar surface area (TPSA) is 35.8 Å². The van der Waals surface area contributed by atoms with Crippen LogP contribution in [-0.2, 0) is 6.42 Å². The van der Waals surface area contributed by atoms with E-state index in [4.69, 9.17) is 5.26 Å². The summed E-state index contributed by atoms with van der Waals surface area (Å²) in [5.41, 5.74) is 1.72. The predicted molar refractivity (Wildman–Crippen MR) is 69.6 cm³/mol. The molecule has 1 aromatic rings. The zero-order valence-corrected chi connectivity index (χ0v) is 10.8. The van der Waals surface area contributed by atoms with Gasteiger partial charge in [-0.25, -0.2) is 4.39 Å². The van der Waals surface area contributed by atoms with E-state index in [-0.39, 0.29) is 11.2 Å². The monoisotopic (exact) mass is 246 g/mol. The van der Waals surface area contributed by atoms with Gasteiger partial charge in [0.05, 0.1) is 11.5 Å². The van der Waals surface area contributed by atoms with Crippen molar-refractivity contribution in [1.82, 2.24) is 5.32 Å². The average Bonchev–Trinajstić information content (AvgIpc) is 2.32. The van der Waals surface area contributed by atoms with E-state index in [1.807, 2.05) is 12.1 Å². The second kappa shape index (κ2) is 5.49. The molecule has 96 valence electrons. The largest absolute Gasteiger partial charge is 0.315 e. The van der Waals surface area contributed by atoms with Gasteiger partial charge in [-0.1, -0.05) is 18.6 Å². The standard InChI is InChI=1S/C15H19FN2/c1-12-9-13(3-4-14(12)16)5-8-18-11-15(10-17)6-2-7-15/h3-4,9,18H,2,5-8,11H2,1H3. The maximum absolute atomic E-state index is 13.1. The third kappa shape index (κ3) is 2.88. The van der Waals surface area contributed by atoms with E-state index < -0.39 is 0 Å². The summed E-state index contributed by atoms with van der Waals surface area (Å²) in [4.78, 5) is 0. The van der Waals surface area contributed by atoms with Crippen LogP contribution in [0.3, 0.4) is 0 Å². The van der Waals surface area contributed by atoms with E-state index in [0.717, 1.165) is 37.9 Å². The zero-order valence-electron chi connectivity index (χ0n) is 10.8. The molecule has 1 aliphatic rings. The minimum Gasteiger partial charge on any atom is -0.315 e. The van der Waals surface area contributed by atoms with Gasteiger partial charge in [-0.15, -0.1) is 0 Å². The minimum atomic E-state index is -0.149. The van der Waals surface area contributed by atoms with Crippen LogP contribution < -0.4 is 5.32 Å². The van der Waals surface area contributed by atoms with Crippen LogP contribution in [0.25, 0.3) is 0 Å². The molecule has 0 unspecified atom stereocenters. The van der Waals surface area contributed by atoms with Crippen molar-refractivity contribution >= 4 is 0 Å². The smallest absolute Gasteiger partial charge is 0.126 e. The average molecular weight is 246 g/mol. The Labute approximate surface area is 108 Å². The summed E-state index contributed by atoms with van der Waals surface area (Å²) in [7, 11) is 0. The maximum Gasteiger partial charge on any atom is 0.126 e. The lowest BCUT2D eigenvalue weighted by Gasteiger charge is -2.35. The summed E-state index contributed by atoms with van der Waals surface area (Å²) in [5, 5.41) is 12.4. The molecule has 3 heteroatoms. The van der Waals surface area contributed by atoms with Crippen LogP contribution in [0.1, 0.15) is 30.4 Å². The Morgan fingerprint density at radius 1 is 1.44 bits per heavy atom. The Morgan fingerprint density at radius 2 is 2.22 bits per heavy atom. The molecule has 0 radical (unpaired) electrons. The number of aryl methyl sites for hydroxylation is 1. The van der Waals surface area contributed by atoms with Gasteiger partial charge < -0.3 is 5.32 Å². The van der Waals surface area contributed by atoms with Crippen molar-refractivity contribution in [3.8, 4) is 6.07 Å². The van der Waals surface area contributed by atoms with Gasteiger partial charge in [0.25, 0.3) is 0 Å². The fraction of sp³-hybridized carbons (Fsp3) is 0.533. The van der Waals surface area contributed by atoms with E-state index in [0.29, 0.717) is 5.56 Å². The van der Waals surface area contributed by atoms with Crippen molar-refractivity contribution in [2.45, 2.75) is 32.6 Å². The van der Waals surface area contributed by atoms with Crippen molar-refractivity contribution in [2.75, 3.05) is 13.1 Å². The van der Waals surface area contributed by atoms with E-state index in [2.05, 4.69) is 11.4 Å². The number of nitriles is 1. The first kappa shape index (κ1) is 13.0. The molecular formula is C15H19FN2. The summed E-state index contributed by atoms with van der Waals surface area (Å²) in [5.74, 6) is -0.149. The molecule has 0 aliphatic heterocycles. The Balaban J connectivity index is 1.75. The highest BCUT2D eigenvalue weighted by Crippen LogP contribution is 2.39. The van der Waals surface area contributed by atoms with Crippen LogP contribution in [0.2, 0.25) is 0 Å². The third-order valence-corrected chi connectivity index (χ3v) is 3.82. The quantitative estimate of drug-likeness (QED) is 0.811. The Bertz CT molecular complexity index is 458. The Morgan fingerprint density at radius 3 is 2.78 bits per heavy atom. The van der Waals surface area contributed by atoms with Crippen molar-refractivity contribution in [3.63, 3.8) is 0 Å². The van der Waals surface area contributed by atoms with Crippen LogP contribution in [0.5, 0.6) is 0 Å². The summed E-state index contributed by atoms with van der Waals surface area (Å²) in [6.07, 6.45) is 4.09. The van der Waals surface area contributed by atoms with Crippen molar-refractivity contribution in [3.05, 3.63) is 35.1 Å². The lowest BCUT2D eigenvalue weighted by molar-refractivity contribution is 0.208. The molecule has 0 amide bonds. The number of hydrogen-bond donors (Lipinski definition) is 1. The molecule has 0 bridgehead atoms. The van der Waals surface area contributed by atoms with Gasteiger partial charge in [-0.05, 0) is 49.9 Å². The zero-order chi connectivity index (χ0) is 13.0. The Kier molecular flexibility index (Phi) is 3.98. The lowest BCUT2D eigenvalue weighted by atomic mass is 9.70. The fourth-order valence-corrected chi connectivity index (χ4v) is 2.35. The molecule has 1 saturated carbocycles. The van der Waals surface area contributed by atoms with Crippen LogP contribution in [-0.4, -0.2) is 13.1 Å². The fourth-order valence-electron chi connectivity index (χ4n) is 2.35. The lowest BCUT2D eigenvalue weighted by Crippen LogP contribution is -2.39. The molecule has 2 rings (SSSR count). The van der Waals surface area contributed by atoms with Gasteiger partial charge in [0.1, 0.15) is 5.82 Å². The number of nitrogens with zero attached hydrogens (tertiary/aromatic N) is 1. The van der Waals surface area contributed by atoms with E-state index in [1.54, 1.807) is 6.92 Å². The SMILES string of the molecule is Cc1cc(CCNCC2(C#N)CCC2)ccc1F. The summed E-state index contributed by atoms with van der Waals surface area (Å²) >= 11 is 0. The molecule has 1 fully saturated rings. The first-order valence-corrected chi connectivity index (χ1v) is 6.52. The van der Waals surface area contributed by atoms with Gasteiger partial charge in [-0.3, -0.25) is 0 Å². The molecule has 1 aliphatic carbocycles. The first-order valence-electron chi connectivity index (χ1n) is 6.52. The molecule has 0 atom stereocenters.